The molecule has 0 unspecified atom stereocenters. The zero-order valence-corrected chi connectivity index (χ0v) is 20.6. The highest BCUT2D eigenvalue weighted by Gasteiger charge is 2.31. The van der Waals surface area contributed by atoms with Crippen LogP contribution in [0.15, 0.2) is 84.9 Å². The number of carbonyl (C=O) groups excluding carboxylic acids is 4. The highest BCUT2D eigenvalue weighted by atomic mass is 16.6. The molecule has 4 aromatic rings. The largest absolute Gasteiger partial charge is 0.490 e. The normalized spacial score (nSPS) is 13.3. The van der Waals surface area contributed by atoms with Gasteiger partial charge in [-0.3, -0.25) is 0 Å². The Bertz CT molecular complexity index is 1560. The van der Waals surface area contributed by atoms with Crippen molar-refractivity contribution in [1.29, 1.82) is 0 Å². The molecule has 0 bridgehead atoms. The van der Waals surface area contributed by atoms with Gasteiger partial charge in [0, 0.05) is 12.1 Å². The lowest BCUT2D eigenvalue weighted by Gasteiger charge is -2.11. The lowest BCUT2D eigenvalue weighted by Crippen LogP contribution is -2.09. The summed E-state index contributed by atoms with van der Waals surface area (Å²) in [6, 6.07) is 22.9. The van der Waals surface area contributed by atoms with E-state index in [-0.39, 0.29) is 35.5 Å². The number of cyclic esters (lactones) is 4. The molecule has 6 rings (SSSR count). The van der Waals surface area contributed by atoms with Crippen LogP contribution in [0.5, 0.6) is 34.5 Å². The molecule has 2 aliphatic rings. The van der Waals surface area contributed by atoms with Crippen molar-refractivity contribution in [3.05, 3.63) is 107 Å². The summed E-state index contributed by atoms with van der Waals surface area (Å²) in [6.07, 6.45) is 0. The summed E-state index contributed by atoms with van der Waals surface area (Å²) < 4.78 is 32.4. The molecule has 0 N–H and O–H groups in total. The number of hydrogen-bond acceptors (Lipinski definition) is 10. The Balaban J connectivity index is 1.02. The summed E-state index contributed by atoms with van der Waals surface area (Å²) in [7, 11) is 0. The smallest absolute Gasteiger partial charge is 0.347 e. The molecule has 0 aromatic heterocycles. The molecule has 0 amide bonds. The second-order valence-corrected chi connectivity index (χ2v) is 8.62. The molecule has 10 heteroatoms. The van der Waals surface area contributed by atoms with Gasteiger partial charge in [0.1, 0.15) is 47.7 Å². The van der Waals surface area contributed by atoms with Crippen molar-refractivity contribution >= 4 is 23.9 Å². The van der Waals surface area contributed by atoms with Crippen LogP contribution in [-0.2, 0) is 9.47 Å². The lowest BCUT2D eigenvalue weighted by atomic mass is 10.1. The number of rotatable bonds is 9. The first-order valence-electron chi connectivity index (χ1n) is 12.1. The Hall–Kier alpha value is -5.64. The molecule has 4 aromatic carbocycles. The minimum Gasteiger partial charge on any atom is -0.490 e. The van der Waals surface area contributed by atoms with Gasteiger partial charge in [-0.1, -0.05) is 12.1 Å². The van der Waals surface area contributed by atoms with Gasteiger partial charge in [0.05, 0.1) is 22.3 Å². The summed E-state index contributed by atoms with van der Waals surface area (Å²) in [5, 5.41) is 0. The van der Waals surface area contributed by atoms with E-state index in [1.807, 2.05) is 0 Å². The second kappa shape index (κ2) is 10.3. The fourth-order valence-electron chi connectivity index (χ4n) is 4.10. The Morgan fingerprint density at radius 1 is 0.425 bits per heavy atom. The standard InChI is InChI=1S/C30H18O10/c31-27-23-9-7-21(15-25(23)29(33)39-27)37-19-5-1-3-17(13-19)35-11-12-36-18-4-2-6-20(14-18)38-22-8-10-24-26(16-22)30(34)40-28(24)32/h1-10,13-16H,11-12H2. The fraction of sp³-hybridized carbons (Fsp3) is 0.0667. The maximum atomic E-state index is 11.8. The average molecular weight is 538 g/mol. The monoisotopic (exact) mass is 538 g/mol. The van der Waals surface area contributed by atoms with Crippen LogP contribution in [0.4, 0.5) is 0 Å². The van der Waals surface area contributed by atoms with Crippen LogP contribution in [0.1, 0.15) is 41.4 Å². The van der Waals surface area contributed by atoms with E-state index in [0.717, 1.165) is 0 Å². The van der Waals surface area contributed by atoms with Crippen LogP contribution >= 0.6 is 0 Å². The van der Waals surface area contributed by atoms with E-state index in [1.54, 1.807) is 60.7 Å². The van der Waals surface area contributed by atoms with Gasteiger partial charge < -0.3 is 28.4 Å². The van der Waals surface area contributed by atoms with Crippen molar-refractivity contribution in [3.63, 3.8) is 0 Å². The van der Waals surface area contributed by atoms with Gasteiger partial charge in [0.25, 0.3) is 0 Å². The number of carbonyl (C=O) groups is 4. The van der Waals surface area contributed by atoms with Gasteiger partial charge in [-0.15, -0.1) is 0 Å². The first-order valence-corrected chi connectivity index (χ1v) is 12.1. The Kier molecular flexibility index (Phi) is 6.33. The van der Waals surface area contributed by atoms with Crippen molar-refractivity contribution in [3.8, 4) is 34.5 Å². The van der Waals surface area contributed by atoms with Gasteiger partial charge in [0.2, 0.25) is 0 Å². The van der Waals surface area contributed by atoms with Crippen LogP contribution in [0, 0.1) is 0 Å². The molecule has 2 aliphatic heterocycles. The summed E-state index contributed by atoms with van der Waals surface area (Å²) in [5.41, 5.74) is 0.739. The quantitative estimate of drug-likeness (QED) is 0.156. The number of benzene rings is 4. The SMILES string of the molecule is O=C1OC(=O)c2cc(Oc3cccc(OCCOc4cccc(Oc5ccc6c(c5)C(=O)OC6=O)c4)c3)ccc21. The van der Waals surface area contributed by atoms with Gasteiger partial charge in [-0.2, -0.15) is 0 Å². The summed E-state index contributed by atoms with van der Waals surface area (Å²) in [5.74, 6) is 0.0473. The third-order valence-corrected chi connectivity index (χ3v) is 5.94. The topological polar surface area (TPSA) is 124 Å². The second-order valence-electron chi connectivity index (χ2n) is 8.62. The number of ether oxygens (including phenoxy) is 6. The maximum Gasteiger partial charge on any atom is 0.347 e. The van der Waals surface area contributed by atoms with E-state index < -0.39 is 23.9 Å². The summed E-state index contributed by atoms with van der Waals surface area (Å²) >= 11 is 0. The number of fused-ring (bicyclic) bond motifs is 2. The zero-order valence-electron chi connectivity index (χ0n) is 20.6. The van der Waals surface area contributed by atoms with E-state index in [0.29, 0.717) is 34.5 Å². The van der Waals surface area contributed by atoms with Gasteiger partial charge in [-0.05, 0) is 60.7 Å². The molecule has 40 heavy (non-hydrogen) atoms. The molecule has 0 atom stereocenters. The van der Waals surface area contributed by atoms with E-state index >= 15 is 0 Å². The zero-order chi connectivity index (χ0) is 27.6. The molecule has 0 fully saturated rings. The highest BCUT2D eigenvalue weighted by molar-refractivity contribution is 6.15. The third-order valence-electron chi connectivity index (χ3n) is 5.94. The van der Waals surface area contributed by atoms with Crippen LogP contribution in [0.3, 0.4) is 0 Å². The third kappa shape index (κ3) is 5.05. The minimum atomic E-state index is -0.702. The fourth-order valence-corrected chi connectivity index (χ4v) is 4.10. The molecule has 198 valence electrons. The molecule has 0 radical (unpaired) electrons. The van der Waals surface area contributed by atoms with Gasteiger partial charge in [-0.25, -0.2) is 19.2 Å². The first kappa shape index (κ1) is 24.7. The summed E-state index contributed by atoms with van der Waals surface area (Å²) in [4.78, 5) is 46.8. The van der Waals surface area contributed by atoms with E-state index in [4.69, 9.17) is 18.9 Å². The molecule has 0 spiro atoms. The van der Waals surface area contributed by atoms with Crippen molar-refractivity contribution in [2.24, 2.45) is 0 Å². The van der Waals surface area contributed by atoms with E-state index in [1.165, 1.54) is 24.3 Å². The molecule has 2 heterocycles. The maximum absolute atomic E-state index is 11.8. The van der Waals surface area contributed by atoms with Crippen molar-refractivity contribution < 1.29 is 47.6 Å². The number of esters is 4. The van der Waals surface area contributed by atoms with Crippen LogP contribution in [0.25, 0.3) is 0 Å². The minimum absolute atomic E-state index is 0.162. The molecule has 0 saturated heterocycles. The van der Waals surface area contributed by atoms with Gasteiger partial charge >= 0.3 is 23.9 Å². The van der Waals surface area contributed by atoms with E-state index in [9.17, 15) is 19.2 Å². The van der Waals surface area contributed by atoms with Gasteiger partial charge in [0.15, 0.2) is 0 Å². The molecular weight excluding hydrogens is 520 g/mol. The average Bonchev–Trinajstić information content (AvgIpc) is 3.39. The first-order chi connectivity index (χ1) is 19.4. The number of hydrogen-bond donors (Lipinski definition) is 0. The van der Waals surface area contributed by atoms with Crippen LogP contribution in [-0.4, -0.2) is 37.1 Å². The van der Waals surface area contributed by atoms with E-state index in [2.05, 4.69) is 9.47 Å². The predicted octanol–water partition coefficient (Wildman–Crippen LogP) is 5.35. The van der Waals surface area contributed by atoms with Crippen molar-refractivity contribution in [2.45, 2.75) is 0 Å². The lowest BCUT2D eigenvalue weighted by molar-refractivity contribution is 0.0425. The molecule has 0 saturated carbocycles. The molecule has 0 aliphatic carbocycles. The van der Waals surface area contributed by atoms with Crippen molar-refractivity contribution in [1.82, 2.24) is 0 Å². The molecular formula is C30H18O10. The Morgan fingerprint density at radius 2 is 0.800 bits per heavy atom. The van der Waals surface area contributed by atoms with Crippen LogP contribution in [0.2, 0.25) is 0 Å². The Labute approximate surface area is 226 Å². The Morgan fingerprint density at radius 3 is 1.25 bits per heavy atom. The van der Waals surface area contributed by atoms with Crippen LogP contribution < -0.4 is 18.9 Å². The predicted molar refractivity (Wildman–Crippen MR) is 136 cm³/mol. The highest BCUT2D eigenvalue weighted by Crippen LogP contribution is 2.31. The summed E-state index contributed by atoms with van der Waals surface area (Å²) in [6.45, 7) is 0.477. The van der Waals surface area contributed by atoms with Crippen molar-refractivity contribution in [2.75, 3.05) is 13.2 Å². The molecule has 10 nitrogen and oxygen atoms in total.